The molecule has 1 aliphatic rings. The highest BCUT2D eigenvalue weighted by molar-refractivity contribution is 6.15. The molecule has 1 aromatic heterocycles. The molecule has 1 N–H and O–H groups in total. The SMILES string of the molecule is Cc1ccc(C(=O)C2=C(O)C(=O)N(CCCN(C)C)[C@H]2c2cccc(OCc3ccccc3)c2)o1. The first-order chi connectivity index (χ1) is 16.8. The van der Waals surface area contributed by atoms with Crippen molar-refractivity contribution in [2.45, 2.75) is 26.0 Å². The number of aliphatic hydroxyl groups excluding tert-OH is 1. The monoisotopic (exact) mass is 474 g/mol. The van der Waals surface area contributed by atoms with Crippen LogP contribution in [0.1, 0.15) is 39.9 Å². The van der Waals surface area contributed by atoms with Gasteiger partial charge in [0, 0.05) is 6.54 Å². The molecule has 182 valence electrons. The van der Waals surface area contributed by atoms with Crippen molar-refractivity contribution < 1.29 is 23.8 Å². The molecule has 7 heteroatoms. The van der Waals surface area contributed by atoms with Crippen LogP contribution < -0.4 is 4.74 Å². The fraction of sp³-hybridized carbons (Fsp3) is 0.286. The summed E-state index contributed by atoms with van der Waals surface area (Å²) in [4.78, 5) is 30.1. The Hall–Kier alpha value is -3.84. The molecule has 2 heterocycles. The number of rotatable bonds is 10. The molecule has 0 aliphatic carbocycles. The lowest BCUT2D eigenvalue weighted by atomic mass is 9.95. The number of benzene rings is 2. The quantitative estimate of drug-likeness (QED) is 0.429. The van der Waals surface area contributed by atoms with Gasteiger partial charge in [-0.25, -0.2) is 0 Å². The van der Waals surface area contributed by atoms with Gasteiger partial charge in [0.05, 0.1) is 11.6 Å². The van der Waals surface area contributed by atoms with Crippen molar-refractivity contribution in [3.8, 4) is 5.75 Å². The van der Waals surface area contributed by atoms with Crippen LogP contribution in [0.25, 0.3) is 0 Å². The Bertz CT molecular complexity index is 1230. The molecular weight excluding hydrogens is 444 g/mol. The van der Waals surface area contributed by atoms with Gasteiger partial charge in [-0.05, 0) is 69.4 Å². The Kier molecular flexibility index (Phi) is 7.36. The smallest absolute Gasteiger partial charge is 0.290 e. The predicted octanol–water partition coefficient (Wildman–Crippen LogP) is 4.70. The molecule has 0 bridgehead atoms. The summed E-state index contributed by atoms with van der Waals surface area (Å²) in [5.41, 5.74) is 1.74. The van der Waals surface area contributed by atoms with Gasteiger partial charge in [-0.1, -0.05) is 42.5 Å². The molecule has 0 radical (unpaired) electrons. The Morgan fingerprint density at radius 2 is 1.86 bits per heavy atom. The molecule has 2 aromatic carbocycles. The van der Waals surface area contributed by atoms with Gasteiger partial charge in [0.25, 0.3) is 5.91 Å². The fourth-order valence-corrected chi connectivity index (χ4v) is 4.22. The summed E-state index contributed by atoms with van der Waals surface area (Å²) in [6.07, 6.45) is 0.689. The number of hydrogen-bond acceptors (Lipinski definition) is 6. The fourth-order valence-electron chi connectivity index (χ4n) is 4.22. The van der Waals surface area contributed by atoms with Crippen LogP contribution in [0.2, 0.25) is 0 Å². The number of aliphatic hydroxyl groups is 1. The number of ether oxygens (including phenoxy) is 1. The van der Waals surface area contributed by atoms with Gasteiger partial charge in [-0.3, -0.25) is 9.59 Å². The van der Waals surface area contributed by atoms with Crippen LogP contribution in [0.3, 0.4) is 0 Å². The predicted molar refractivity (Wildman–Crippen MR) is 132 cm³/mol. The number of ketones is 1. The van der Waals surface area contributed by atoms with E-state index in [9.17, 15) is 14.7 Å². The zero-order valence-corrected chi connectivity index (χ0v) is 20.2. The van der Waals surface area contributed by atoms with Gasteiger partial charge >= 0.3 is 0 Å². The van der Waals surface area contributed by atoms with Crippen LogP contribution in [0.5, 0.6) is 5.75 Å². The van der Waals surface area contributed by atoms with Gasteiger partial charge in [0.1, 0.15) is 18.1 Å². The molecule has 0 unspecified atom stereocenters. The maximum absolute atomic E-state index is 13.4. The van der Waals surface area contributed by atoms with Crippen LogP contribution >= 0.6 is 0 Å². The van der Waals surface area contributed by atoms with Gasteiger partial charge in [-0.2, -0.15) is 0 Å². The number of furan rings is 1. The molecule has 0 spiro atoms. The summed E-state index contributed by atoms with van der Waals surface area (Å²) in [6, 6.07) is 19.6. The zero-order valence-electron chi connectivity index (χ0n) is 20.2. The van der Waals surface area contributed by atoms with Crippen LogP contribution in [-0.4, -0.2) is 53.8 Å². The lowest BCUT2D eigenvalue weighted by Crippen LogP contribution is -2.33. The third-order valence-corrected chi connectivity index (χ3v) is 5.94. The van der Waals surface area contributed by atoms with Gasteiger partial charge in [-0.15, -0.1) is 0 Å². The van der Waals surface area contributed by atoms with Gasteiger partial charge < -0.3 is 24.1 Å². The van der Waals surface area contributed by atoms with E-state index in [0.717, 1.165) is 12.1 Å². The van der Waals surface area contributed by atoms with Crippen molar-refractivity contribution >= 4 is 11.7 Å². The topological polar surface area (TPSA) is 83.2 Å². The van der Waals surface area contributed by atoms with Crippen molar-refractivity contribution in [2.75, 3.05) is 27.2 Å². The number of aryl methyl sites for hydroxylation is 1. The molecule has 1 amide bonds. The normalized spacial score (nSPS) is 15.8. The van der Waals surface area contributed by atoms with Gasteiger partial charge in [0.2, 0.25) is 5.78 Å². The first-order valence-corrected chi connectivity index (χ1v) is 11.6. The molecule has 1 atom stereocenters. The molecule has 1 aliphatic heterocycles. The lowest BCUT2D eigenvalue weighted by molar-refractivity contribution is -0.129. The number of Topliss-reactive ketones (excluding diaryl/α,β-unsaturated/α-hetero) is 1. The largest absolute Gasteiger partial charge is 0.503 e. The number of amides is 1. The highest BCUT2D eigenvalue weighted by atomic mass is 16.5. The molecule has 0 saturated heterocycles. The third kappa shape index (κ3) is 5.46. The summed E-state index contributed by atoms with van der Waals surface area (Å²) >= 11 is 0. The number of carbonyl (C=O) groups is 2. The van der Waals surface area contributed by atoms with E-state index in [1.54, 1.807) is 24.0 Å². The van der Waals surface area contributed by atoms with Gasteiger partial charge in [0.15, 0.2) is 11.5 Å². The highest BCUT2D eigenvalue weighted by Crippen LogP contribution is 2.40. The second-order valence-electron chi connectivity index (χ2n) is 8.91. The molecule has 7 nitrogen and oxygen atoms in total. The first kappa shape index (κ1) is 24.3. The van der Waals surface area contributed by atoms with Crippen molar-refractivity contribution in [3.05, 3.63) is 101 Å². The minimum atomic E-state index is -0.747. The number of hydrogen-bond donors (Lipinski definition) is 1. The Balaban J connectivity index is 1.66. The van der Waals surface area contributed by atoms with Crippen molar-refractivity contribution in [2.24, 2.45) is 0 Å². The molecule has 0 fully saturated rings. The zero-order chi connectivity index (χ0) is 24.9. The maximum Gasteiger partial charge on any atom is 0.290 e. The second kappa shape index (κ2) is 10.6. The number of nitrogens with zero attached hydrogens (tertiary/aromatic N) is 2. The van der Waals surface area contributed by atoms with E-state index < -0.39 is 23.5 Å². The maximum atomic E-state index is 13.4. The second-order valence-corrected chi connectivity index (χ2v) is 8.91. The molecule has 0 saturated carbocycles. The van der Waals surface area contributed by atoms with E-state index in [0.29, 0.717) is 36.6 Å². The third-order valence-electron chi connectivity index (χ3n) is 5.94. The Morgan fingerprint density at radius 1 is 1.09 bits per heavy atom. The highest BCUT2D eigenvalue weighted by Gasteiger charge is 2.44. The summed E-state index contributed by atoms with van der Waals surface area (Å²) in [5, 5.41) is 10.8. The van der Waals surface area contributed by atoms with E-state index in [-0.39, 0.29) is 11.3 Å². The molecule has 4 rings (SSSR count). The van der Waals surface area contributed by atoms with E-state index in [4.69, 9.17) is 9.15 Å². The summed E-state index contributed by atoms with van der Waals surface area (Å²) in [5.74, 6) is -0.314. The van der Waals surface area contributed by atoms with Crippen LogP contribution in [0, 0.1) is 6.92 Å². The van der Waals surface area contributed by atoms with E-state index in [1.165, 1.54) is 0 Å². The number of carbonyl (C=O) groups excluding carboxylic acids is 2. The van der Waals surface area contributed by atoms with Crippen molar-refractivity contribution in [1.82, 2.24) is 9.80 Å². The minimum Gasteiger partial charge on any atom is -0.503 e. The van der Waals surface area contributed by atoms with Crippen LogP contribution in [0.15, 0.2) is 82.5 Å². The summed E-state index contributed by atoms with van der Waals surface area (Å²) in [6.45, 7) is 3.27. The molecular formula is C28H30N2O5. The van der Waals surface area contributed by atoms with Crippen LogP contribution in [-0.2, 0) is 11.4 Å². The molecule has 35 heavy (non-hydrogen) atoms. The minimum absolute atomic E-state index is 0.0226. The standard InChI is InChI=1S/C28H30N2O5/c1-19-13-14-23(35-19)26(31)24-25(30(28(33)27(24)32)16-8-15-29(2)3)21-11-7-12-22(17-21)34-18-20-9-5-4-6-10-20/h4-7,9-14,17,25,32H,8,15-16,18H2,1-3H3/t25-/m0/s1. The average Bonchev–Trinajstić information content (AvgIpc) is 3.39. The lowest BCUT2D eigenvalue weighted by Gasteiger charge is -2.27. The Labute approximate surface area is 205 Å². The van der Waals surface area contributed by atoms with E-state index in [2.05, 4.69) is 0 Å². The summed E-state index contributed by atoms with van der Waals surface area (Å²) < 4.78 is 11.5. The van der Waals surface area contributed by atoms with Crippen molar-refractivity contribution in [3.63, 3.8) is 0 Å². The van der Waals surface area contributed by atoms with E-state index in [1.807, 2.05) is 73.6 Å². The van der Waals surface area contributed by atoms with Crippen LogP contribution in [0.4, 0.5) is 0 Å². The van der Waals surface area contributed by atoms with Crippen molar-refractivity contribution in [1.29, 1.82) is 0 Å². The van der Waals surface area contributed by atoms with E-state index >= 15 is 0 Å². The molecule has 3 aromatic rings. The first-order valence-electron chi connectivity index (χ1n) is 11.6. The summed E-state index contributed by atoms with van der Waals surface area (Å²) in [7, 11) is 3.92. The Morgan fingerprint density at radius 3 is 2.54 bits per heavy atom. The average molecular weight is 475 g/mol.